The van der Waals surface area contributed by atoms with Gasteiger partial charge in [-0.25, -0.2) is 0 Å². The molecule has 0 unspecified atom stereocenters. The van der Waals surface area contributed by atoms with Crippen LogP contribution in [0, 0.1) is 0 Å². The first-order valence-corrected chi connectivity index (χ1v) is 0. The molecule has 0 atom stereocenters. The Labute approximate surface area is 107 Å². The summed E-state index contributed by atoms with van der Waals surface area (Å²) in [4.78, 5) is 0. The van der Waals surface area contributed by atoms with Gasteiger partial charge in [-0.3, -0.25) is 23.5 Å². The van der Waals surface area contributed by atoms with Gasteiger partial charge in [-0.15, -0.1) is 0 Å². The molecule has 0 spiro atoms. The van der Waals surface area contributed by atoms with E-state index in [-0.39, 0.29) is 109 Å². The minimum Gasteiger partial charge on any atom is -1.00 e. The largest absolute Gasteiger partial charge is 1.00 e. The van der Waals surface area contributed by atoms with Crippen LogP contribution in [-0.2, 0) is 32.7 Å². The van der Waals surface area contributed by atoms with Gasteiger partial charge >= 0.3 is 51.4 Å². The van der Waals surface area contributed by atoms with Gasteiger partial charge in [-0.2, -0.15) is 0 Å². The van der Waals surface area contributed by atoms with Crippen molar-refractivity contribution < 1.29 is 109 Å². The molecule has 0 aliphatic rings. The number of halogens is 5. The van der Waals surface area contributed by atoms with E-state index in [2.05, 4.69) is 0 Å². The van der Waals surface area contributed by atoms with Crippen molar-refractivity contribution >= 4 is 0 Å². The Balaban J connectivity index is 0. The zero-order valence-corrected chi connectivity index (χ0v) is 9.58. The molecule has 0 aliphatic carbocycles. The Hall–Kier alpha value is 2.39. The Morgan fingerprint density at radius 1 is 0.571 bits per heavy atom. The van der Waals surface area contributed by atoms with Gasteiger partial charge in [0.05, 0.1) is 0 Å². The molecule has 0 fully saturated rings. The predicted molar refractivity (Wildman–Crippen MR) is 13.6 cm³/mol. The summed E-state index contributed by atoms with van der Waals surface area (Å²) in [5.74, 6) is 0. The molecule has 45 valence electrons. The van der Waals surface area contributed by atoms with Gasteiger partial charge in [-0.05, 0) is 0 Å². The molecule has 7 heteroatoms. The van der Waals surface area contributed by atoms with Crippen LogP contribution in [0.3, 0.4) is 0 Å². The van der Waals surface area contributed by atoms with E-state index < -0.39 is 0 Å². The van der Waals surface area contributed by atoms with Crippen LogP contribution in [0.2, 0.25) is 0 Å². The van der Waals surface area contributed by atoms with Crippen LogP contribution in [0.1, 0.15) is 1.43 Å². The normalized spacial score (nSPS) is 0. The molecule has 0 amide bonds. The molecular formula is H6F5KY. The third kappa shape index (κ3) is 60.0. The van der Waals surface area contributed by atoms with Gasteiger partial charge in [0.2, 0.25) is 0 Å². The van der Waals surface area contributed by atoms with Crippen LogP contribution in [0.5, 0.6) is 0 Å². The van der Waals surface area contributed by atoms with E-state index >= 15 is 0 Å². The van der Waals surface area contributed by atoms with Gasteiger partial charge in [0, 0.05) is 32.7 Å². The molecule has 0 saturated heterocycles. The maximum Gasteiger partial charge on any atom is 1.00 e. The first kappa shape index (κ1) is 116. The van der Waals surface area contributed by atoms with E-state index in [9.17, 15) is 0 Å². The molecule has 0 rings (SSSR count). The van der Waals surface area contributed by atoms with Crippen molar-refractivity contribution in [3.8, 4) is 0 Å². The first-order valence-electron chi connectivity index (χ1n) is 0. The van der Waals surface area contributed by atoms with Gasteiger partial charge in [-0.1, -0.05) is 0 Å². The molecular weight excluding hydrogens is 223 g/mol. The van der Waals surface area contributed by atoms with Crippen molar-refractivity contribution in [1.82, 2.24) is 0 Å². The van der Waals surface area contributed by atoms with E-state index in [1.165, 1.54) is 0 Å². The summed E-state index contributed by atoms with van der Waals surface area (Å²) in [7, 11) is 0. The molecule has 0 aromatic heterocycles. The average Bonchev–Trinajstić information content (AvgIpc) is 0. The molecule has 0 nitrogen and oxygen atoms in total. The Morgan fingerprint density at radius 3 is 0.571 bits per heavy atom. The minimum atomic E-state index is 0. The van der Waals surface area contributed by atoms with Crippen molar-refractivity contribution in [2.45, 2.75) is 0 Å². The predicted octanol–water partition coefficient (Wildman–Crippen LogP) is -2.12. The summed E-state index contributed by atoms with van der Waals surface area (Å²) in [5.41, 5.74) is 0. The van der Waals surface area contributed by atoms with E-state index in [1.807, 2.05) is 0 Å². The molecule has 0 bridgehead atoms. The number of hydrogen-bond donors (Lipinski definition) is 0. The molecule has 1 radical (unpaired) electrons. The fourth-order valence-corrected chi connectivity index (χ4v) is 0. The van der Waals surface area contributed by atoms with E-state index in [4.69, 9.17) is 0 Å². The quantitative estimate of drug-likeness (QED) is 0.329. The second-order valence-electron chi connectivity index (χ2n) is 0. The zero-order chi connectivity index (χ0) is 0. The van der Waals surface area contributed by atoms with Crippen LogP contribution in [0.15, 0.2) is 0 Å². The summed E-state index contributed by atoms with van der Waals surface area (Å²) in [6.07, 6.45) is 0. The third-order valence-electron chi connectivity index (χ3n) is 0. The summed E-state index contributed by atoms with van der Waals surface area (Å²) < 4.78 is 0. The molecule has 0 aromatic carbocycles. The van der Waals surface area contributed by atoms with Crippen molar-refractivity contribution in [1.29, 1.82) is 0 Å². The molecule has 0 heterocycles. The van der Waals surface area contributed by atoms with Crippen LogP contribution in [0.25, 0.3) is 0 Å². The van der Waals surface area contributed by atoms with E-state index in [0.29, 0.717) is 0 Å². The first-order chi connectivity index (χ1) is 0. The van der Waals surface area contributed by atoms with Crippen LogP contribution in [-0.4, -0.2) is 0 Å². The van der Waals surface area contributed by atoms with Gasteiger partial charge < -0.3 is 1.43 Å². The van der Waals surface area contributed by atoms with Gasteiger partial charge in [0.25, 0.3) is 0 Å². The zero-order valence-electron chi connectivity index (χ0n) is 4.62. The van der Waals surface area contributed by atoms with Gasteiger partial charge in [0.15, 0.2) is 0 Å². The van der Waals surface area contributed by atoms with Crippen molar-refractivity contribution in [2.75, 3.05) is 0 Å². The number of hydrogen-bond acceptors (Lipinski definition) is 0. The second-order valence-corrected chi connectivity index (χ2v) is 0. The standard InChI is InChI=1S/5FH.K.Y.H/h5*1H;;;/q;;;;;+1;;-1. The second kappa shape index (κ2) is 80.2. The van der Waals surface area contributed by atoms with E-state index in [0.717, 1.165) is 0 Å². The smallest absolute Gasteiger partial charge is 1.00 e. The SMILES string of the molecule is F.F.F.F.F.[H-].[K+].[Y]. The maximum atomic E-state index is 0. The fourth-order valence-electron chi connectivity index (χ4n) is 0. The van der Waals surface area contributed by atoms with Crippen LogP contribution >= 0.6 is 0 Å². The van der Waals surface area contributed by atoms with Crippen LogP contribution < -0.4 is 51.4 Å². The van der Waals surface area contributed by atoms with Crippen molar-refractivity contribution in [3.05, 3.63) is 0 Å². The minimum absolute atomic E-state index is 0. The van der Waals surface area contributed by atoms with Crippen LogP contribution in [0.4, 0.5) is 23.5 Å². The molecule has 0 aromatic rings. The molecule has 7 heavy (non-hydrogen) atoms. The Kier molecular flexibility index (Phi) is 1330. The molecule has 0 aliphatic heterocycles. The van der Waals surface area contributed by atoms with E-state index in [1.54, 1.807) is 0 Å². The average molecular weight is 229 g/mol. The third-order valence-corrected chi connectivity index (χ3v) is 0. The van der Waals surface area contributed by atoms with Crippen molar-refractivity contribution in [3.63, 3.8) is 0 Å². The summed E-state index contributed by atoms with van der Waals surface area (Å²) in [5, 5.41) is 0. The summed E-state index contributed by atoms with van der Waals surface area (Å²) >= 11 is 0. The molecule has 0 N–H and O–H groups in total. The molecule has 0 saturated carbocycles. The number of rotatable bonds is 0. The van der Waals surface area contributed by atoms with Crippen molar-refractivity contribution in [2.24, 2.45) is 0 Å². The van der Waals surface area contributed by atoms with Gasteiger partial charge in [0.1, 0.15) is 0 Å². The Morgan fingerprint density at radius 2 is 0.571 bits per heavy atom. The monoisotopic (exact) mass is 229 g/mol. The topological polar surface area (TPSA) is 0 Å². The summed E-state index contributed by atoms with van der Waals surface area (Å²) in [6, 6.07) is 0. The fraction of sp³-hybridized carbons (Fsp3) is 0. The Bertz CT molecular complexity index is 12.4. The summed E-state index contributed by atoms with van der Waals surface area (Å²) in [6.45, 7) is 0. The maximum absolute atomic E-state index is 0.